The summed E-state index contributed by atoms with van der Waals surface area (Å²) >= 11 is 0. The molecule has 0 aliphatic heterocycles. The highest BCUT2D eigenvalue weighted by molar-refractivity contribution is 7.47. The molecule has 3 N–H and O–H groups in total. The van der Waals surface area contributed by atoms with Crippen molar-refractivity contribution in [2.75, 3.05) is 39.6 Å². The molecule has 2 unspecified atom stereocenters. The maximum absolute atomic E-state index is 13.0. The Morgan fingerprint density at radius 3 is 0.747 bits per heavy atom. The van der Waals surface area contributed by atoms with E-state index in [1.165, 1.54) is 180 Å². The van der Waals surface area contributed by atoms with E-state index in [-0.39, 0.29) is 25.7 Å². The summed E-state index contributed by atoms with van der Waals surface area (Å²) < 4.78 is 68.3. The summed E-state index contributed by atoms with van der Waals surface area (Å²) in [6.07, 6.45) is 50.2. The number of hydrogen-bond donors (Lipinski definition) is 3. The first-order valence-electron chi connectivity index (χ1n) is 37.5. The molecule has 17 nitrogen and oxygen atoms in total. The van der Waals surface area contributed by atoms with Crippen molar-refractivity contribution in [1.29, 1.82) is 0 Å². The van der Waals surface area contributed by atoms with Crippen LogP contribution in [0.1, 0.15) is 369 Å². The van der Waals surface area contributed by atoms with Gasteiger partial charge in [0.2, 0.25) is 0 Å². The Bertz CT molecular complexity index is 1770. The van der Waals surface area contributed by atoms with E-state index in [1.807, 2.05) is 0 Å². The lowest BCUT2D eigenvalue weighted by molar-refractivity contribution is -0.161. The lowest BCUT2D eigenvalue weighted by Gasteiger charge is -2.21. The van der Waals surface area contributed by atoms with Gasteiger partial charge in [-0.15, -0.1) is 0 Å². The lowest BCUT2D eigenvalue weighted by Crippen LogP contribution is -2.30. The summed E-state index contributed by atoms with van der Waals surface area (Å²) in [5, 5.41) is 10.6. The molecule has 0 spiro atoms. The minimum Gasteiger partial charge on any atom is -0.462 e. The highest BCUT2D eigenvalue weighted by atomic mass is 31.2. The molecule has 0 amide bonds. The van der Waals surface area contributed by atoms with Crippen LogP contribution in [0.25, 0.3) is 0 Å². The van der Waals surface area contributed by atoms with Gasteiger partial charge in [-0.05, 0) is 37.5 Å². The highest BCUT2D eigenvalue weighted by Crippen LogP contribution is 2.45. The van der Waals surface area contributed by atoms with Crippen molar-refractivity contribution >= 4 is 39.5 Å². The smallest absolute Gasteiger partial charge is 0.462 e. The molecule has 0 rings (SSSR count). The molecule has 0 bridgehead atoms. The number of rotatable bonds is 71. The normalized spacial score (nSPS) is 14.1. The van der Waals surface area contributed by atoms with Gasteiger partial charge in [-0.3, -0.25) is 37.3 Å². The fraction of sp³-hybridized carbons (Fsp3) is 0.944. The zero-order chi connectivity index (χ0) is 67.2. The number of phosphoric ester groups is 2. The second-order valence-corrected chi connectivity index (χ2v) is 29.8. The van der Waals surface area contributed by atoms with Gasteiger partial charge in [-0.2, -0.15) is 0 Å². The quantitative estimate of drug-likeness (QED) is 0.0222. The molecule has 19 heteroatoms. The van der Waals surface area contributed by atoms with Crippen LogP contribution in [0.3, 0.4) is 0 Å². The van der Waals surface area contributed by atoms with E-state index in [4.69, 9.17) is 37.0 Å². The Morgan fingerprint density at radius 2 is 0.505 bits per heavy atom. The van der Waals surface area contributed by atoms with Crippen molar-refractivity contribution in [3.05, 3.63) is 0 Å². The maximum Gasteiger partial charge on any atom is 0.472 e. The maximum atomic E-state index is 13.0. The Balaban J connectivity index is 5.18. The van der Waals surface area contributed by atoms with Gasteiger partial charge in [0, 0.05) is 25.7 Å². The average Bonchev–Trinajstić information content (AvgIpc) is 3.71. The summed E-state index contributed by atoms with van der Waals surface area (Å²) in [6.45, 7) is 9.45. The summed E-state index contributed by atoms with van der Waals surface area (Å²) in [5.74, 6) is -0.701. The Kier molecular flexibility index (Phi) is 62.7. The van der Waals surface area contributed by atoms with Crippen LogP contribution in [0.4, 0.5) is 0 Å². The van der Waals surface area contributed by atoms with Crippen LogP contribution in [0.15, 0.2) is 0 Å². The zero-order valence-electron chi connectivity index (χ0n) is 59.1. The molecular formula is C72H140O17P2. The molecule has 0 radical (unpaired) electrons. The van der Waals surface area contributed by atoms with E-state index in [0.717, 1.165) is 102 Å². The minimum atomic E-state index is -4.95. The van der Waals surface area contributed by atoms with Crippen LogP contribution in [0.2, 0.25) is 0 Å². The number of ether oxygens (including phenoxy) is 4. The van der Waals surface area contributed by atoms with Gasteiger partial charge in [0.15, 0.2) is 12.2 Å². The molecule has 0 saturated carbocycles. The number of carbonyl (C=O) groups excluding carboxylic acids is 4. The second kappa shape index (κ2) is 64.1. The number of aliphatic hydroxyl groups is 1. The number of unbranched alkanes of at least 4 members (excludes halogenated alkanes) is 41. The van der Waals surface area contributed by atoms with Crippen LogP contribution in [0.5, 0.6) is 0 Å². The molecule has 0 aliphatic rings. The molecule has 91 heavy (non-hydrogen) atoms. The average molecular weight is 1340 g/mol. The van der Waals surface area contributed by atoms with Crippen LogP contribution in [-0.4, -0.2) is 96.7 Å². The first kappa shape index (κ1) is 89.1. The molecule has 5 atom stereocenters. The number of phosphoric acid groups is 2. The van der Waals surface area contributed by atoms with Crippen LogP contribution in [-0.2, 0) is 65.4 Å². The van der Waals surface area contributed by atoms with Gasteiger partial charge in [0.1, 0.15) is 19.3 Å². The molecule has 0 aromatic rings. The standard InChI is InChI=1S/C72H140O17P2/c1-7-9-11-13-15-17-19-20-21-22-23-24-25-26-27-28-32-37-45-51-57-72(77)88-67(60-82-69(74)54-48-42-35-33-29-30-34-40-46-52-64(3)4)62-86-90(78,79)84-58-66(73)59-85-91(80,81)87-63-68(61-83-70(75)55-49-43-39-38-41-47-53-65(5)6)89-71(76)56-50-44-36-31-18-16-14-12-10-8-2/h64-68,73H,7-63H2,1-6H3,(H,78,79)(H,80,81)/t66-,67-,68-/m1/s1. The minimum absolute atomic E-state index is 0.105. The predicted molar refractivity (Wildman–Crippen MR) is 368 cm³/mol. The molecular weight excluding hydrogens is 1200 g/mol. The fourth-order valence-corrected chi connectivity index (χ4v) is 12.5. The third kappa shape index (κ3) is 66.5. The Hall–Kier alpha value is -1.94. The summed E-state index contributed by atoms with van der Waals surface area (Å²) in [4.78, 5) is 72.5. The summed E-state index contributed by atoms with van der Waals surface area (Å²) in [7, 11) is -9.90. The fourth-order valence-electron chi connectivity index (χ4n) is 10.9. The van der Waals surface area contributed by atoms with Crippen molar-refractivity contribution < 1.29 is 80.2 Å². The van der Waals surface area contributed by atoms with Gasteiger partial charge in [0.05, 0.1) is 26.4 Å². The summed E-state index contributed by atoms with van der Waals surface area (Å²) in [6, 6.07) is 0. The molecule has 0 fully saturated rings. The van der Waals surface area contributed by atoms with Crippen LogP contribution < -0.4 is 0 Å². The van der Waals surface area contributed by atoms with E-state index < -0.39 is 97.5 Å². The monoisotopic (exact) mass is 1340 g/mol. The molecule has 0 heterocycles. The van der Waals surface area contributed by atoms with Crippen molar-refractivity contribution in [3.8, 4) is 0 Å². The lowest BCUT2D eigenvalue weighted by atomic mass is 10.0. The third-order valence-electron chi connectivity index (χ3n) is 16.7. The number of esters is 4. The van der Waals surface area contributed by atoms with E-state index >= 15 is 0 Å². The largest absolute Gasteiger partial charge is 0.472 e. The Labute approximate surface area is 556 Å². The molecule has 0 aromatic heterocycles. The first-order chi connectivity index (χ1) is 43.9. The molecule has 0 saturated heterocycles. The van der Waals surface area contributed by atoms with Gasteiger partial charge < -0.3 is 33.8 Å². The first-order valence-corrected chi connectivity index (χ1v) is 40.5. The van der Waals surface area contributed by atoms with Gasteiger partial charge in [0.25, 0.3) is 0 Å². The van der Waals surface area contributed by atoms with Crippen LogP contribution >= 0.6 is 15.6 Å². The number of carbonyl (C=O) groups is 4. The molecule has 540 valence electrons. The Morgan fingerprint density at radius 1 is 0.297 bits per heavy atom. The number of hydrogen-bond acceptors (Lipinski definition) is 15. The van der Waals surface area contributed by atoms with Crippen molar-refractivity contribution in [2.45, 2.75) is 387 Å². The topological polar surface area (TPSA) is 237 Å². The highest BCUT2D eigenvalue weighted by Gasteiger charge is 2.30. The van der Waals surface area contributed by atoms with Gasteiger partial charge in [-0.1, -0.05) is 318 Å². The van der Waals surface area contributed by atoms with Gasteiger partial charge in [-0.25, -0.2) is 9.13 Å². The summed E-state index contributed by atoms with van der Waals surface area (Å²) in [5.41, 5.74) is 0. The third-order valence-corrected chi connectivity index (χ3v) is 18.6. The van der Waals surface area contributed by atoms with E-state index in [9.17, 15) is 43.2 Å². The van der Waals surface area contributed by atoms with Crippen molar-refractivity contribution in [2.24, 2.45) is 11.8 Å². The van der Waals surface area contributed by atoms with Crippen molar-refractivity contribution in [1.82, 2.24) is 0 Å². The molecule has 0 aromatic carbocycles. The van der Waals surface area contributed by atoms with Crippen molar-refractivity contribution in [3.63, 3.8) is 0 Å². The number of aliphatic hydroxyl groups excluding tert-OH is 1. The molecule has 0 aliphatic carbocycles. The van der Waals surface area contributed by atoms with E-state index in [2.05, 4.69) is 41.5 Å². The van der Waals surface area contributed by atoms with E-state index in [1.54, 1.807) is 0 Å². The second-order valence-electron chi connectivity index (χ2n) is 26.9. The van der Waals surface area contributed by atoms with E-state index in [0.29, 0.717) is 31.6 Å². The predicted octanol–water partition coefficient (Wildman–Crippen LogP) is 20.8. The van der Waals surface area contributed by atoms with Gasteiger partial charge >= 0.3 is 39.5 Å². The SMILES string of the molecule is CCCCCCCCCCCCCCCCCCCCCCC(=O)O[C@H](COC(=O)CCCCCCCCCCCC(C)C)COP(=O)(O)OC[C@@H](O)COP(=O)(O)OC[C@@H](COC(=O)CCCCCCCCC(C)C)OC(=O)CCCCCCCCCCCC. The zero-order valence-corrected chi connectivity index (χ0v) is 60.9. The van der Waals surface area contributed by atoms with Crippen LogP contribution in [0, 0.1) is 11.8 Å².